The van der Waals surface area contributed by atoms with Crippen LogP contribution in [0.15, 0.2) is 24.3 Å². The normalized spacial score (nSPS) is 11.8. The van der Waals surface area contributed by atoms with E-state index >= 15 is 0 Å². The van der Waals surface area contributed by atoms with Crippen molar-refractivity contribution in [3.63, 3.8) is 0 Å². The van der Waals surface area contributed by atoms with E-state index in [1.807, 2.05) is 0 Å². The highest BCUT2D eigenvalue weighted by molar-refractivity contribution is 5.97. The molecule has 0 aliphatic heterocycles. The van der Waals surface area contributed by atoms with Gasteiger partial charge < -0.3 is 4.90 Å². The Morgan fingerprint density at radius 3 is 2.18 bits per heavy atom. The van der Waals surface area contributed by atoms with Gasteiger partial charge in [0.2, 0.25) is 5.91 Å². The number of hydrogen-bond donors (Lipinski definition) is 0. The van der Waals surface area contributed by atoms with Gasteiger partial charge in [0.05, 0.1) is 0 Å². The molecule has 0 spiro atoms. The summed E-state index contributed by atoms with van der Waals surface area (Å²) in [5.74, 6) is 0.257. The van der Waals surface area contributed by atoms with Crippen molar-refractivity contribution in [3.05, 3.63) is 29.8 Å². The topological polar surface area (TPSA) is 20.3 Å². The lowest BCUT2D eigenvalue weighted by Gasteiger charge is -2.37. The minimum Gasteiger partial charge on any atom is -0.309 e. The fraction of sp³-hybridized carbons (Fsp3) is 0.650. The van der Waals surface area contributed by atoms with Crippen molar-refractivity contribution in [2.75, 3.05) is 4.90 Å². The van der Waals surface area contributed by atoms with E-state index in [0.717, 1.165) is 37.8 Å². The van der Waals surface area contributed by atoms with Crippen LogP contribution in [0.5, 0.6) is 0 Å². The minimum absolute atomic E-state index is 0.257. The zero-order valence-corrected chi connectivity index (χ0v) is 15.3. The summed E-state index contributed by atoms with van der Waals surface area (Å²) in [6, 6.07) is 8.66. The van der Waals surface area contributed by atoms with Crippen molar-refractivity contribution in [1.29, 1.82) is 0 Å². The third-order valence-electron chi connectivity index (χ3n) is 4.57. The van der Waals surface area contributed by atoms with Crippen molar-refractivity contribution in [2.45, 2.75) is 79.7 Å². The Hall–Kier alpha value is -1.31. The van der Waals surface area contributed by atoms with Gasteiger partial charge in [0.15, 0.2) is 0 Å². The van der Waals surface area contributed by atoms with E-state index in [0.29, 0.717) is 6.04 Å². The van der Waals surface area contributed by atoms with Crippen molar-refractivity contribution in [3.8, 4) is 0 Å². The molecule has 0 saturated heterocycles. The number of benzene rings is 1. The molecular formula is C20H33NO. The van der Waals surface area contributed by atoms with Crippen LogP contribution in [0.1, 0.15) is 72.3 Å². The average Bonchev–Trinajstić information content (AvgIpc) is 2.48. The van der Waals surface area contributed by atoms with Crippen LogP contribution in [0.25, 0.3) is 0 Å². The number of aryl methyl sites for hydroxylation is 1. The zero-order valence-electron chi connectivity index (χ0n) is 15.3. The molecule has 22 heavy (non-hydrogen) atoms. The summed E-state index contributed by atoms with van der Waals surface area (Å²) in [5.41, 5.74) is 1.94. The summed E-state index contributed by atoms with van der Waals surface area (Å²) >= 11 is 0. The molecule has 0 bridgehead atoms. The second-order valence-corrected chi connectivity index (χ2v) is 6.98. The molecule has 0 fully saturated rings. The minimum atomic E-state index is -0.316. The number of rotatable bonds is 8. The number of nitrogens with zero attached hydrogens (tertiary/aromatic N) is 1. The number of carbonyl (C=O) groups excluding carboxylic acids is 1. The van der Waals surface area contributed by atoms with Gasteiger partial charge >= 0.3 is 0 Å². The van der Waals surface area contributed by atoms with Gasteiger partial charge in [0, 0.05) is 17.1 Å². The molecule has 1 aromatic carbocycles. The lowest BCUT2D eigenvalue weighted by Crippen LogP contribution is -2.47. The van der Waals surface area contributed by atoms with Gasteiger partial charge in [0.1, 0.15) is 0 Å². The maximum Gasteiger partial charge on any atom is 0.232 e. The van der Waals surface area contributed by atoms with Crippen molar-refractivity contribution in [1.82, 2.24) is 0 Å². The van der Waals surface area contributed by atoms with Crippen LogP contribution < -0.4 is 4.90 Å². The van der Waals surface area contributed by atoms with Gasteiger partial charge in [-0.3, -0.25) is 4.79 Å². The fourth-order valence-corrected chi connectivity index (χ4v) is 2.82. The third-order valence-corrected chi connectivity index (χ3v) is 4.57. The monoisotopic (exact) mass is 303 g/mol. The Balaban J connectivity index is 3.27. The Morgan fingerprint density at radius 1 is 1.14 bits per heavy atom. The van der Waals surface area contributed by atoms with E-state index in [4.69, 9.17) is 0 Å². The zero-order chi connectivity index (χ0) is 16.8. The summed E-state index contributed by atoms with van der Waals surface area (Å²) in [7, 11) is 0. The first-order valence-corrected chi connectivity index (χ1v) is 8.77. The molecule has 124 valence electrons. The number of anilines is 1. The summed E-state index contributed by atoms with van der Waals surface area (Å²) in [6.07, 6.45) is 5.19. The first kappa shape index (κ1) is 18.7. The van der Waals surface area contributed by atoms with E-state index in [1.54, 1.807) is 0 Å². The fourth-order valence-electron chi connectivity index (χ4n) is 2.82. The number of amides is 1. The van der Waals surface area contributed by atoms with E-state index < -0.39 is 0 Å². The first-order chi connectivity index (χ1) is 10.4. The Kier molecular flexibility index (Phi) is 7.12. The van der Waals surface area contributed by atoms with E-state index in [2.05, 4.69) is 70.7 Å². The molecule has 0 aromatic heterocycles. The van der Waals surface area contributed by atoms with Crippen LogP contribution in [0.3, 0.4) is 0 Å². The largest absolute Gasteiger partial charge is 0.309 e. The van der Waals surface area contributed by atoms with Gasteiger partial charge in [-0.15, -0.1) is 0 Å². The van der Waals surface area contributed by atoms with Crippen LogP contribution in [0.2, 0.25) is 0 Å². The average molecular weight is 303 g/mol. The second-order valence-electron chi connectivity index (χ2n) is 6.98. The molecule has 1 aromatic rings. The molecule has 0 N–H and O–H groups in total. The molecule has 0 heterocycles. The SMILES string of the molecule is CCCC(CCC)N(C(=O)C(C)(C)CC)c1cccc(C)c1. The van der Waals surface area contributed by atoms with Gasteiger partial charge in [-0.25, -0.2) is 0 Å². The number of carbonyl (C=O) groups is 1. The van der Waals surface area contributed by atoms with E-state index in [-0.39, 0.29) is 11.3 Å². The molecule has 2 nitrogen and oxygen atoms in total. The molecule has 0 aliphatic carbocycles. The molecule has 2 heteroatoms. The third kappa shape index (κ3) is 4.59. The predicted octanol–water partition coefficient (Wildman–Crippen LogP) is 5.73. The van der Waals surface area contributed by atoms with Crippen LogP contribution in [0, 0.1) is 12.3 Å². The van der Waals surface area contributed by atoms with Gasteiger partial charge in [0.25, 0.3) is 0 Å². The lowest BCUT2D eigenvalue weighted by molar-refractivity contribution is -0.127. The van der Waals surface area contributed by atoms with Crippen LogP contribution >= 0.6 is 0 Å². The van der Waals surface area contributed by atoms with Crippen LogP contribution in [-0.2, 0) is 4.79 Å². The first-order valence-electron chi connectivity index (χ1n) is 8.77. The molecule has 0 radical (unpaired) electrons. The summed E-state index contributed by atoms with van der Waals surface area (Å²) in [4.78, 5) is 15.3. The maximum absolute atomic E-state index is 13.2. The van der Waals surface area contributed by atoms with Gasteiger partial charge in [-0.1, -0.05) is 59.6 Å². The molecule has 0 aliphatic rings. The smallest absolute Gasteiger partial charge is 0.232 e. The number of hydrogen-bond acceptors (Lipinski definition) is 1. The van der Waals surface area contributed by atoms with Crippen molar-refractivity contribution in [2.24, 2.45) is 5.41 Å². The predicted molar refractivity (Wildman–Crippen MR) is 96.3 cm³/mol. The second kappa shape index (κ2) is 8.36. The van der Waals surface area contributed by atoms with E-state index in [1.165, 1.54) is 5.56 Å². The molecule has 0 saturated carbocycles. The summed E-state index contributed by atoms with van der Waals surface area (Å²) in [6.45, 7) is 12.7. The highest BCUT2D eigenvalue weighted by Crippen LogP contribution is 2.31. The molecule has 1 amide bonds. The van der Waals surface area contributed by atoms with E-state index in [9.17, 15) is 4.79 Å². The lowest BCUT2D eigenvalue weighted by atomic mass is 9.87. The van der Waals surface area contributed by atoms with Crippen molar-refractivity contribution < 1.29 is 4.79 Å². The van der Waals surface area contributed by atoms with Crippen LogP contribution in [-0.4, -0.2) is 11.9 Å². The summed E-state index contributed by atoms with van der Waals surface area (Å²) in [5, 5.41) is 0. The Morgan fingerprint density at radius 2 is 1.73 bits per heavy atom. The van der Waals surface area contributed by atoms with Crippen molar-refractivity contribution >= 4 is 11.6 Å². The molecule has 1 rings (SSSR count). The van der Waals surface area contributed by atoms with Gasteiger partial charge in [-0.05, 0) is 43.9 Å². The Bertz CT molecular complexity index is 472. The summed E-state index contributed by atoms with van der Waals surface area (Å²) < 4.78 is 0. The van der Waals surface area contributed by atoms with Crippen LogP contribution in [0.4, 0.5) is 5.69 Å². The highest BCUT2D eigenvalue weighted by atomic mass is 16.2. The highest BCUT2D eigenvalue weighted by Gasteiger charge is 2.34. The quantitative estimate of drug-likeness (QED) is 0.600. The standard InChI is InChI=1S/C20H33NO/c1-7-11-17(12-8-2)21(19(22)20(5,6)9-3)18-14-10-13-16(4)15-18/h10,13-15,17H,7-9,11-12H2,1-6H3. The molecule has 0 unspecified atom stereocenters. The van der Waals surface area contributed by atoms with Gasteiger partial charge in [-0.2, -0.15) is 0 Å². The maximum atomic E-state index is 13.2. The molecular weight excluding hydrogens is 270 g/mol. The molecule has 0 atom stereocenters. The Labute approximate surface area is 136 Å².